The number of hydrogen-bond acceptors (Lipinski definition) is 6. The zero-order valence-electron chi connectivity index (χ0n) is 15.6. The molecule has 28 heavy (non-hydrogen) atoms. The summed E-state index contributed by atoms with van der Waals surface area (Å²) in [6.07, 6.45) is -1.83. The second-order valence-corrected chi connectivity index (χ2v) is 6.88. The summed E-state index contributed by atoms with van der Waals surface area (Å²) < 4.78 is 21.1. The van der Waals surface area contributed by atoms with E-state index < -0.39 is 30.4 Å². The Labute approximate surface area is 168 Å². The van der Waals surface area contributed by atoms with Gasteiger partial charge in [-0.05, 0) is 38.1 Å². The molecule has 1 aliphatic heterocycles. The van der Waals surface area contributed by atoms with Crippen molar-refractivity contribution in [3.8, 4) is 0 Å². The maximum absolute atomic E-state index is 12.4. The Hall–Kier alpha value is -2.41. The van der Waals surface area contributed by atoms with Crippen LogP contribution < -0.4 is 0 Å². The van der Waals surface area contributed by atoms with E-state index in [0.717, 1.165) is 11.1 Å². The van der Waals surface area contributed by atoms with Crippen molar-refractivity contribution in [1.29, 1.82) is 0 Å². The molecule has 1 heterocycles. The lowest BCUT2D eigenvalue weighted by Crippen LogP contribution is -2.32. The van der Waals surface area contributed by atoms with E-state index in [4.69, 9.17) is 30.4 Å². The summed E-state index contributed by atoms with van der Waals surface area (Å²) in [4.78, 5) is 24.6. The summed E-state index contributed by atoms with van der Waals surface area (Å²) in [5, 5.41) is 0. The van der Waals surface area contributed by atoms with Gasteiger partial charge in [0.05, 0.1) is 23.0 Å². The SMILES string of the molecule is Cc1ccc(C(=O)OC[C@H]2O[C@@H](OCl)C[C@@H]2OC(=O)c2ccc(C)cc2)cc1. The van der Waals surface area contributed by atoms with Crippen molar-refractivity contribution in [2.45, 2.75) is 38.8 Å². The normalized spacial score (nSPS) is 21.3. The molecule has 1 saturated heterocycles. The molecule has 1 aliphatic rings. The number of rotatable bonds is 6. The molecule has 1 fully saturated rings. The molecule has 0 radical (unpaired) electrons. The largest absolute Gasteiger partial charge is 0.459 e. The predicted molar refractivity (Wildman–Crippen MR) is 102 cm³/mol. The second-order valence-electron chi connectivity index (χ2n) is 6.70. The van der Waals surface area contributed by atoms with Crippen molar-refractivity contribution in [1.82, 2.24) is 0 Å². The smallest absolute Gasteiger partial charge is 0.338 e. The molecule has 0 aromatic heterocycles. The van der Waals surface area contributed by atoms with E-state index in [-0.39, 0.29) is 13.0 Å². The van der Waals surface area contributed by atoms with Crippen molar-refractivity contribution in [2.24, 2.45) is 0 Å². The van der Waals surface area contributed by atoms with Crippen molar-refractivity contribution < 1.29 is 28.1 Å². The number of carbonyl (C=O) groups is 2. The molecule has 0 N–H and O–H groups in total. The fourth-order valence-corrected chi connectivity index (χ4v) is 2.95. The van der Waals surface area contributed by atoms with Crippen molar-refractivity contribution >= 4 is 23.8 Å². The van der Waals surface area contributed by atoms with Crippen molar-refractivity contribution in [3.05, 3.63) is 70.8 Å². The summed E-state index contributed by atoms with van der Waals surface area (Å²) in [6, 6.07) is 14.1. The maximum atomic E-state index is 12.4. The third-order valence-electron chi connectivity index (χ3n) is 4.48. The second kappa shape index (κ2) is 9.19. The van der Waals surface area contributed by atoms with Crippen LogP contribution in [0.25, 0.3) is 0 Å². The quantitative estimate of drug-likeness (QED) is 0.678. The van der Waals surface area contributed by atoms with E-state index in [1.807, 2.05) is 38.1 Å². The molecule has 3 atom stereocenters. The van der Waals surface area contributed by atoms with Crippen LogP contribution in [0.5, 0.6) is 0 Å². The van der Waals surface area contributed by atoms with Crippen LogP contribution in [0.4, 0.5) is 0 Å². The Bertz CT molecular complexity index is 818. The van der Waals surface area contributed by atoms with Crippen LogP contribution in [-0.2, 0) is 18.5 Å². The van der Waals surface area contributed by atoms with Gasteiger partial charge in [0.1, 0.15) is 18.8 Å². The lowest BCUT2D eigenvalue weighted by molar-refractivity contribution is -0.0943. The van der Waals surface area contributed by atoms with Gasteiger partial charge in [0, 0.05) is 6.42 Å². The fraction of sp³-hybridized carbons (Fsp3) is 0.333. The first kappa shape index (κ1) is 20.3. The first-order chi connectivity index (χ1) is 13.5. The van der Waals surface area contributed by atoms with Crippen LogP contribution in [-0.4, -0.2) is 37.0 Å². The molecule has 0 amide bonds. The minimum absolute atomic E-state index is 0.0880. The van der Waals surface area contributed by atoms with Crippen LogP contribution in [0, 0.1) is 13.8 Å². The Kier molecular flexibility index (Phi) is 6.67. The standard InChI is InChI=1S/C21H21ClO6/c1-13-3-7-15(8-4-13)20(23)25-12-18-17(11-19(26-18)28-22)27-21(24)16-9-5-14(2)6-10-16/h3-10,17-19H,11-12H2,1-2H3/t17-,18+,19-/m0/s1. The van der Waals surface area contributed by atoms with E-state index >= 15 is 0 Å². The van der Waals surface area contributed by atoms with E-state index in [1.165, 1.54) is 0 Å². The van der Waals surface area contributed by atoms with Crippen molar-refractivity contribution in [2.75, 3.05) is 6.61 Å². The Balaban J connectivity index is 1.61. The van der Waals surface area contributed by atoms with E-state index in [0.29, 0.717) is 11.1 Å². The molecule has 0 bridgehead atoms. The summed E-state index contributed by atoms with van der Waals surface area (Å²) in [7, 11) is 0. The summed E-state index contributed by atoms with van der Waals surface area (Å²) in [5.41, 5.74) is 2.94. The average molecular weight is 405 g/mol. The summed E-state index contributed by atoms with van der Waals surface area (Å²) >= 11 is 5.41. The van der Waals surface area contributed by atoms with Gasteiger partial charge >= 0.3 is 11.9 Å². The monoisotopic (exact) mass is 404 g/mol. The highest BCUT2D eigenvalue weighted by Crippen LogP contribution is 2.26. The number of halogens is 1. The lowest BCUT2D eigenvalue weighted by Gasteiger charge is -2.18. The number of ether oxygens (including phenoxy) is 3. The number of hydrogen-bond donors (Lipinski definition) is 0. The summed E-state index contributed by atoms with van der Waals surface area (Å²) in [6.45, 7) is 3.77. The average Bonchev–Trinajstić information content (AvgIpc) is 3.09. The molecule has 3 rings (SSSR count). The molecular formula is C21H21ClO6. The van der Waals surface area contributed by atoms with Gasteiger partial charge in [-0.2, -0.15) is 0 Å². The lowest BCUT2D eigenvalue weighted by atomic mass is 10.1. The van der Waals surface area contributed by atoms with Gasteiger partial charge in [-0.1, -0.05) is 35.4 Å². The third-order valence-corrected chi connectivity index (χ3v) is 4.68. The number of esters is 2. The first-order valence-corrected chi connectivity index (χ1v) is 9.21. The van der Waals surface area contributed by atoms with Gasteiger partial charge in [-0.3, -0.25) is 0 Å². The molecule has 0 aliphatic carbocycles. The number of benzene rings is 2. The maximum Gasteiger partial charge on any atom is 0.338 e. The molecule has 0 unspecified atom stereocenters. The third kappa shape index (κ3) is 5.10. The van der Waals surface area contributed by atoms with Gasteiger partial charge in [-0.25, -0.2) is 13.9 Å². The van der Waals surface area contributed by atoms with Crippen LogP contribution in [0.2, 0.25) is 0 Å². The zero-order chi connectivity index (χ0) is 20.1. The highest BCUT2D eigenvalue weighted by Gasteiger charge is 2.39. The Morgan fingerprint density at radius 3 is 2.04 bits per heavy atom. The van der Waals surface area contributed by atoms with Gasteiger partial charge in [0.2, 0.25) is 0 Å². The molecule has 2 aromatic carbocycles. The molecule has 6 nitrogen and oxygen atoms in total. The molecule has 0 spiro atoms. The predicted octanol–water partition coefficient (Wildman–Crippen LogP) is 3.97. The molecule has 148 valence electrons. The minimum atomic E-state index is -0.749. The van der Waals surface area contributed by atoms with Crippen LogP contribution in [0.1, 0.15) is 38.3 Å². The van der Waals surface area contributed by atoms with Crippen LogP contribution in [0.3, 0.4) is 0 Å². The molecule has 0 saturated carbocycles. The van der Waals surface area contributed by atoms with Gasteiger partial charge < -0.3 is 14.2 Å². The first-order valence-electron chi connectivity index (χ1n) is 8.90. The fourth-order valence-electron chi connectivity index (χ4n) is 2.83. The van der Waals surface area contributed by atoms with E-state index in [9.17, 15) is 9.59 Å². The van der Waals surface area contributed by atoms with Crippen LogP contribution in [0.15, 0.2) is 48.5 Å². The van der Waals surface area contributed by atoms with E-state index in [1.54, 1.807) is 24.3 Å². The minimum Gasteiger partial charge on any atom is -0.459 e. The number of carbonyl (C=O) groups excluding carboxylic acids is 2. The summed E-state index contributed by atoms with van der Waals surface area (Å²) in [5.74, 6) is -0.971. The number of aryl methyl sites for hydroxylation is 2. The highest BCUT2D eigenvalue weighted by molar-refractivity contribution is 6.07. The highest BCUT2D eigenvalue weighted by atomic mass is 35.5. The van der Waals surface area contributed by atoms with Gasteiger partial charge in [0.25, 0.3) is 0 Å². The Morgan fingerprint density at radius 2 is 1.50 bits per heavy atom. The van der Waals surface area contributed by atoms with E-state index in [2.05, 4.69) is 0 Å². The topological polar surface area (TPSA) is 71.1 Å². The van der Waals surface area contributed by atoms with Crippen molar-refractivity contribution in [3.63, 3.8) is 0 Å². The Morgan fingerprint density at radius 1 is 0.964 bits per heavy atom. The molecule has 2 aromatic rings. The van der Waals surface area contributed by atoms with Gasteiger partial charge in [-0.15, -0.1) is 0 Å². The molecule has 7 heteroatoms. The van der Waals surface area contributed by atoms with Crippen LogP contribution >= 0.6 is 11.9 Å². The zero-order valence-corrected chi connectivity index (χ0v) is 16.3. The van der Waals surface area contributed by atoms with Gasteiger partial charge in [0.15, 0.2) is 6.29 Å². The molecular weight excluding hydrogens is 384 g/mol.